The summed E-state index contributed by atoms with van der Waals surface area (Å²) in [7, 11) is 5.39. The van der Waals surface area contributed by atoms with Gasteiger partial charge in [-0.2, -0.15) is 0 Å². The van der Waals surface area contributed by atoms with E-state index in [0.29, 0.717) is 12.8 Å². The van der Waals surface area contributed by atoms with E-state index in [1.807, 2.05) is 60.8 Å². The Morgan fingerprint density at radius 1 is 0.534 bits per heavy atom. The zero-order valence-corrected chi connectivity index (χ0v) is 37.7. The van der Waals surface area contributed by atoms with Crippen molar-refractivity contribution in [1.82, 2.24) is 0 Å². The lowest BCUT2D eigenvalue weighted by atomic mass is 10.0. The van der Waals surface area contributed by atoms with Gasteiger partial charge in [0.2, 0.25) is 0 Å². The molecule has 0 aromatic heterocycles. The van der Waals surface area contributed by atoms with Gasteiger partial charge in [-0.05, 0) is 32.1 Å². The molecule has 0 fully saturated rings. The summed E-state index contributed by atoms with van der Waals surface area (Å²) in [6.45, 7) is 4.47. The average molecular weight is 812 g/mol. The number of esters is 2. The number of carbonyl (C=O) groups is 3. The average Bonchev–Trinajstić information content (AvgIpc) is 3.18. The molecule has 0 saturated carbocycles. The first kappa shape index (κ1) is 54.8. The standard InChI is InChI=1S/C50H85NO7/c1-6-8-10-12-14-16-18-20-22-24-26-28-30-32-34-36-38-40-48(52)57-45-46(44-56-43-42-47(50(54)55)51(3,4)5)58-49(53)41-39-37-35-33-31-29-27-25-23-21-19-17-15-13-11-9-7-2/h9,11,13,15,17,19,21,23,25,27,29,31,46-47H,6-8,10,12,14,16,18,20,22,24,26,28,30,32-45H2,1-5H3/b11-9+,15-13+,19-17+,23-21+,27-25+,31-29+. The van der Waals surface area contributed by atoms with Crippen LogP contribution in [0.5, 0.6) is 0 Å². The van der Waals surface area contributed by atoms with E-state index in [1.54, 1.807) is 21.1 Å². The number of hydrogen-bond acceptors (Lipinski definition) is 7. The highest BCUT2D eigenvalue weighted by atomic mass is 16.6. The molecule has 0 bridgehead atoms. The Labute approximate surface area is 355 Å². The molecule has 8 nitrogen and oxygen atoms in total. The minimum absolute atomic E-state index is 0.0204. The third kappa shape index (κ3) is 38.3. The zero-order chi connectivity index (χ0) is 42.8. The van der Waals surface area contributed by atoms with Crippen LogP contribution in [0.4, 0.5) is 0 Å². The smallest absolute Gasteiger partial charge is 0.306 e. The number of aliphatic carboxylic acids is 1. The fourth-order valence-corrected chi connectivity index (χ4v) is 6.46. The van der Waals surface area contributed by atoms with E-state index in [0.717, 1.165) is 44.9 Å². The van der Waals surface area contributed by atoms with Gasteiger partial charge in [-0.25, -0.2) is 0 Å². The van der Waals surface area contributed by atoms with E-state index in [4.69, 9.17) is 14.2 Å². The third-order valence-electron chi connectivity index (χ3n) is 10.0. The number of allylic oxidation sites excluding steroid dienone is 12. The summed E-state index contributed by atoms with van der Waals surface area (Å²) in [5.74, 6) is -1.79. The van der Waals surface area contributed by atoms with Gasteiger partial charge in [-0.15, -0.1) is 0 Å². The first-order chi connectivity index (χ1) is 28.1. The van der Waals surface area contributed by atoms with Gasteiger partial charge >= 0.3 is 11.9 Å². The molecule has 0 saturated heterocycles. The number of unbranched alkanes of at least 4 members (excludes halogenated alkanes) is 19. The highest BCUT2D eigenvalue weighted by Gasteiger charge is 2.25. The first-order valence-corrected chi connectivity index (χ1v) is 23.0. The molecule has 0 spiro atoms. The Bertz CT molecular complexity index is 1180. The predicted molar refractivity (Wildman–Crippen MR) is 240 cm³/mol. The topological polar surface area (TPSA) is 102 Å². The summed E-state index contributed by atoms with van der Waals surface area (Å²) in [5, 5.41) is 11.6. The second kappa shape index (κ2) is 40.5. The molecule has 58 heavy (non-hydrogen) atoms. The molecule has 332 valence electrons. The lowest BCUT2D eigenvalue weighted by Gasteiger charge is -2.34. The normalized spacial score (nSPS) is 13.6. The number of hydrogen-bond donors (Lipinski definition) is 0. The van der Waals surface area contributed by atoms with Crippen molar-refractivity contribution in [3.05, 3.63) is 72.9 Å². The molecule has 0 aliphatic rings. The number of carboxylic acid groups (broad SMARTS) is 1. The largest absolute Gasteiger partial charge is 0.544 e. The van der Waals surface area contributed by atoms with Crippen LogP contribution in [-0.4, -0.2) is 75.5 Å². The van der Waals surface area contributed by atoms with Gasteiger partial charge in [-0.1, -0.05) is 196 Å². The molecule has 0 amide bonds. The summed E-state index contributed by atoms with van der Waals surface area (Å²) in [5.41, 5.74) is 0. The Kier molecular flexibility index (Phi) is 38.3. The summed E-state index contributed by atoms with van der Waals surface area (Å²) in [6, 6.07) is -0.737. The van der Waals surface area contributed by atoms with Crippen molar-refractivity contribution in [3.8, 4) is 0 Å². The maximum Gasteiger partial charge on any atom is 0.306 e. The van der Waals surface area contributed by atoms with Crippen LogP contribution in [0.2, 0.25) is 0 Å². The molecule has 0 aromatic carbocycles. The van der Waals surface area contributed by atoms with Crippen LogP contribution in [0, 0.1) is 0 Å². The van der Waals surface area contributed by atoms with E-state index in [1.165, 1.54) is 89.9 Å². The van der Waals surface area contributed by atoms with Crippen molar-refractivity contribution in [2.45, 2.75) is 187 Å². The minimum atomic E-state index is -1.13. The number of quaternary nitrogens is 1. The lowest BCUT2D eigenvalue weighted by Crippen LogP contribution is -2.55. The summed E-state index contributed by atoms with van der Waals surface area (Å²) in [4.78, 5) is 36.9. The molecule has 2 atom stereocenters. The summed E-state index contributed by atoms with van der Waals surface area (Å²) >= 11 is 0. The van der Waals surface area contributed by atoms with Crippen molar-refractivity contribution in [3.63, 3.8) is 0 Å². The van der Waals surface area contributed by atoms with E-state index in [-0.39, 0.29) is 49.1 Å². The molecule has 0 rings (SSSR count). The maximum absolute atomic E-state index is 12.7. The van der Waals surface area contributed by atoms with Gasteiger partial charge in [0.15, 0.2) is 6.10 Å². The molecule has 8 heteroatoms. The first-order valence-electron chi connectivity index (χ1n) is 23.0. The number of nitrogens with zero attached hydrogens (tertiary/aromatic N) is 1. The Morgan fingerprint density at radius 3 is 1.43 bits per heavy atom. The number of carbonyl (C=O) groups excluding carboxylic acids is 3. The molecule has 0 radical (unpaired) electrons. The number of carboxylic acids is 1. The van der Waals surface area contributed by atoms with Crippen LogP contribution in [-0.2, 0) is 28.6 Å². The Hall–Kier alpha value is -3.23. The molecule has 2 unspecified atom stereocenters. The zero-order valence-electron chi connectivity index (χ0n) is 37.7. The molecule has 0 aliphatic carbocycles. The van der Waals surface area contributed by atoms with Crippen molar-refractivity contribution in [2.75, 3.05) is 41.0 Å². The number of likely N-dealkylation sites (N-methyl/N-ethyl adjacent to an activating group) is 1. The Balaban J connectivity index is 4.41. The monoisotopic (exact) mass is 812 g/mol. The van der Waals surface area contributed by atoms with Crippen LogP contribution < -0.4 is 5.11 Å². The van der Waals surface area contributed by atoms with E-state index in [9.17, 15) is 19.5 Å². The van der Waals surface area contributed by atoms with E-state index < -0.39 is 18.1 Å². The van der Waals surface area contributed by atoms with Crippen LogP contribution in [0.15, 0.2) is 72.9 Å². The highest BCUT2D eigenvalue weighted by molar-refractivity contribution is 5.70. The van der Waals surface area contributed by atoms with Crippen molar-refractivity contribution < 1.29 is 38.2 Å². The van der Waals surface area contributed by atoms with Gasteiger partial charge < -0.3 is 28.6 Å². The Morgan fingerprint density at radius 2 is 0.966 bits per heavy atom. The molecule has 0 heterocycles. The van der Waals surface area contributed by atoms with Gasteiger partial charge in [0.25, 0.3) is 0 Å². The number of ether oxygens (including phenoxy) is 3. The molecular formula is C50H85NO7. The number of rotatable bonds is 40. The predicted octanol–water partition coefficient (Wildman–Crippen LogP) is 11.4. The van der Waals surface area contributed by atoms with Crippen LogP contribution >= 0.6 is 0 Å². The van der Waals surface area contributed by atoms with Crippen LogP contribution in [0.3, 0.4) is 0 Å². The van der Waals surface area contributed by atoms with E-state index >= 15 is 0 Å². The van der Waals surface area contributed by atoms with Gasteiger partial charge in [0.05, 0.1) is 40.3 Å². The summed E-state index contributed by atoms with van der Waals surface area (Å²) in [6.07, 6.45) is 50.7. The van der Waals surface area contributed by atoms with E-state index in [2.05, 4.69) is 26.0 Å². The van der Waals surface area contributed by atoms with Crippen molar-refractivity contribution in [1.29, 1.82) is 0 Å². The van der Waals surface area contributed by atoms with Crippen LogP contribution in [0.25, 0.3) is 0 Å². The van der Waals surface area contributed by atoms with Gasteiger partial charge in [0, 0.05) is 19.3 Å². The van der Waals surface area contributed by atoms with Gasteiger partial charge in [-0.3, -0.25) is 9.59 Å². The van der Waals surface area contributed by atoms with Crippen molar-refractivity contribution >= 4 is 17.9 Å². The fourth-order valence-electron chi connectivity index (χ4n) is 6.46. The van der Waals surface area contributed by atoms with Crippen molar-refractivity contribution in [2.24, 2.45) is 0 Å². The highest BCUT2D eigenvalue weighted by Crippen LogP contribution is 2.15. The SMILES string of the molecule is CC/C=C/C=C/C=C/C=C/C=C/C=C/CCCCCC(=O)OC(COCCC(C(=O)[O-])[N+](C)(C)C)COC(=O)CCCCCCCCCCCCCCCCCCC. The maximum atomic E-state index is 12.7. The molecule has 0 N–H and O–H groups in total. The minimum Gasteiger partial charge on any atom is -0.544 e. The third-order valence-corrected chi connectivity index (χ3v) is 10.0. The summed E-state index contributed by atoms with van der Waals surface area (Å²) < 4.78 is 17.1. The second-order valence-corrected chi connectivity index (χ2v) is 16.4. The molecule has 0 aliphatic heterocycles. The second-order valence-electron chi connectivity index (χ2n) is 16.4. The molecular weight excluding hydrogens is 727 g/mol. The van der Waals surface area contributed by atoms with Gasteiger partial charge in [0.1, 0.15) is 12.6 Å². The van der Waals surface area contributed by atoms with Crippen LogP contribution in [0.1, 0.15) is 174 Å². The lowest BCUT2D eigenvalue weighted by molar-refractivity contribution is -0.889. The molecule has 0 aromatic rings. The fraction of sp³-hybridized carbons (Fsp3) is 0.700. The quantitative estimate of drug-likeness (QED) is 0.0263.